The van der Waals surface area contributed by atoms with Crippen LogP contribution in [0.25, 0.3) is 0 Å². The van der Waals surface area contributed by atoms with E-state index in [1.165, 1.54) is 18.2 Å². The SMILES string of the molecule is Cc1cc(C)cc(OCC(=O)Cc2ccc(C(=O)O)c(O)c2)c1. The first-order valence-electron chi connectivity index (χ1n) is 7.13. The molecule has 0 saturated carbocycles. The summed E-state index contributed by atoms with van der Waals surface area (Å²) in [6.07, 6.45) is 0.0677. The summed E-state index contributed by atoms with van der Waals surface area (Å²) < 4.78 is 5.49. The highest BCUT2D eigenvalue weighted by Gasteiger charge is 2.12. The number of aromatic carboxylic acids is 1. The van der Waals surface area contributed by atoms with Gasteiger partial charge in [0.2, 0.25) is 0 Å². The van der Waals surface area contributed by atoms with Gasteiger partial charge in [-0.25, -0.2) is 4.79 Å². The van der Waals surface area contributed by atoms with Crippen LogP contribution < -0.4 is 4.74 Å². The molecule has 5 heteroatoms. The van der Waals surface area contributed by atoms with Crippen molar-refractivity contribution in [1.29, 1.82) is 0 Å². The number of carboxylic acids is 1. The largest absolute Gasteiger partial charge is 0.507 e. The quantitative estimate of drug-likeness (QED) is 0.856. The van der Waals surface area contributed by atoms with Crippen molar-refractivity contribution in [3.8, 4) is 11.5 Å². The van der Waals surface area contributed by atoms with Crippen LogP contribution in [0.1, 0.15) is 27.0 Å². The number of benzene rings is 2. The van der Waals surface area contributed by atoms with Gasteiger partial charge in [-0.2, -0.15) is 0 Å². The molecule has 0 heterocycles. The van der Waals surface area contributed by atoms with E-state index in [0.717, 1.165) is 11.1 Å². The van der Waals surface area contributed by atoms with Gasteiger partial charge < -0.3 is 14.9 Å². The highest BCUT2D eigenvalue weighted by molar-refractivity contribution is 5.91. The Hall–Kier alpha value is -2.82. The smallest absolute Gasteiger partial charge is 0.339 e. The Labute approximate surface area is 134 Å². The predicted molar refractivity (Wildman–Crippen MR) is 85.2 cm³/mol. The van der Waals surface area contributed by atoms with E-state index in [2.05, 4.69) is 0 Å². The number of phenols is 1. The van der Waals surface area contributed by atoms with Gasteiger partial charge in [-0.05, 0) is 54.8 Å². The zero-order chi connectivity index (χ0) is 17.0. The van der Waals surface area contributed by atoms with Crippen molar-refractivity contribution in [3.05, 3.63) is 58.7 Å². The fraction of sp³-hybridized carbons (Fsp3) is 0.222. The van der Waals surface area contributed by atoms with Gasteiger partial charge in [0.15, 0.2) is 5.78 Å². The normalized spacial score (nSPS) is 10.3. The predicted octanol–water partition coefficient (Wildman–Crippen LogP) is 2.90. The van der Waals surface area contributed by atoms with Crippen molar-refractivity contribution in [2.75, 3.05) is 6.61 Å². The van der Waals surface area contributed by atoms with Crippen LogP contribution in [-0.2, 0) is 11.2 Å². The first-order chi connectivity index (χ1) is 10.8. The van der Waals surface area contributed by atoms with Gasteiger partial charge in [0.1, 0.15) is 23.7 Å². The average molecular weight is 314 g/mol. The van der Waals surface area contributed by atoms with Crippen LogP contribution in [0, 0.1) is 13.8 Å². The van der Waals surface area contributed by atoms with Crippen LogP contribution >= 0.6 is 0 Å². The molecule has 2 aromatic carbocycles. The van der Waals surface area contributed by atoms with Crippen molar-refractivity contribution in [2.24, 2.45) is 0 Å². The maximum Gasteiger partial charge on any atom is 0.339 e. The third-order valence-corrected chi connectivity index (χ3v) is 3.29. The Kier molecular flexibility index (Phi) is 5.01. The molecule has 0 atom stereocenters. The number of ketones is 1. The number of ether oxygens (including phenoxy) is 1. The molecular weight excluding hydrogens is 296 g/mol. The molecule has 5 nitrogen and oxygen atoms in total. The molecule has 2 rings (SSSR count). The number of aryl methyl sites for hydroxylation is 2. The van der Waals surface area contributed by atoms with E-state index in [-0.39, 0.29) is 30.1 Å². The van der Waals surface area contributed by atoms with E-state index < -0.39 is 5.97 Å². The minimum atomic E-state index is -1.21. The number of carbonyl (C=O) groups is 2. The van der Waals surface area contributed by atoms with Crippen LogP contribution in [0.15, 0.2) is 36.4 Å². The molecule has 120 valence electrons. The molecule has 0 bridgehead atoms. The molecule has 0 saturated heterocycles. The number of rotatable bonds is 6. The van der Waals surface area contributed by atoms with Crippen molar-refractivity contribution in [1.82, 2.24) is 0 Å². The fourth-order valence-electron chi connectivity index (χ4n) is 2.33. The third kappa shape index (κ3) is 4.57. The molecule has 0 aliphatic heterocycles. The van der Waals surface area contributed by atoms with Gasteiger partial charge in [0.25, 0.3) is 0 Å². The van der Waals surface area contributed by atoms with Gasteiger partial charge in [-0.15, -0.1) is 0 Å². The first-order valence-corrected chi connectivity index (χ1v) is 7.13. The van der Waals surface area contributed by atoms with E-state index in [4.69, 9.17) is 9.84 Å². The minimum Gasteiger partial charge on any atom is -0.507 e. The van der Waals surface area contributed by atoms with Crippen LogP contribution in [0.3, 0.4) is 0 Å². The maximum absolute atomic E-state index is 12.0. The highest BCUT2D eigenvalue weighted by Crippen LogP contribution is 2.20. The number of carboxylic acid groups (broad SMARTS) is 1. The van der Waals surface area contributed by atoms with E-state index in [9.17, 15) is 14.7 Å². The molecule has 0 amide bonds. The molecule has 23 heavy (non-hydrogen) atoms. The second kappa shape index (κ2) is 6.96. The Morgan fingerprint density at radius 2 is 1.70 bits per heavy atom. The van der Waals surface area contributed by atoms with Crippen LogP contribution in [0.4, 0.5) is 0 Å². The second-order valence-corrected chi connectivity index (χ2v) is 5.48. The summed E-state index contributed by atoms with van der Waals surface area (Å²) in [6, 6.07) is 9.81. The van der Waals surface area contributed by atoms with E-state index in [1.807, 2.05) is 32.0 Å². The van der Waals surface area contributed by atoms with Crippen LogP contribution in [0.5, 0.6) is 11.5 Å². The van der Waals surface area contributed by atoms with Crippen molar-refractivity contribution in [2.45, 2.75) is 20.3 Å². The van der Waals surface area contributed by atoms with Gasteiger partial charge in [-0.1, -0.05) is 12.1 Å². The number of carbonyl (C=O) groups excluding carboxylic acids is 1. The van der Waals surface area contributed by atoms with Gasteiger partial charge in [0, 0.05) is 6.42 Å². The standard InChI is InChI=1S/C18H18O5/c1-11-5-12(2)7-15(6-11)23-10-14(19)8-13-3-4-16(18(21)22)17(20)9-13/h3-7,9,20H,8,10H2,1-2H3,(H,21,22). The molecule has 2 N–H and O–H groups in total. The zero-order valence-corrected chi connectivity index (χ0v) is 13.0. The summed E-state index contributed by atoms with van der Waals surface area (Å²) in [5, 5.41) is 18.5. The van der Waals surface area contributed by atoms with Gasteiger partial charge in [0.05, 0.1) is 0 Å². The lowest BCUT2D eigenvalue weighted by molar-refractivity contribution is -0.120. The summed E-state index contributed by atoms with van der Waals surface area (Å²) in [4.78, 5) is 22.8. The Bertz CT molecular complexity index is 729. The summed E-state index contributed by atoms with van der Waals surface area (Å²) in [5.74, 6) is -1.08. The average Bonchev–Trinajstić information content (AvgIpc) is 2.44. The highest BCUT2D eigenvalue weighted by atomic mass is 16.5. The lowest BCUT2D eigenvalue weighted by atomic mass is 10.1. The van der Waals surface area contributed by atoms with E-state index in [1.54, 1.807) is 0 Å². The van der Waals surface area contributed by atoms with Crippen molar-refractivity contribution in [3.63, 3.8) is 0 Å². The molecule has 0 fully saturated rings. The first kappa shape index (κ1) is 16.5. The third-order valence-electron chi connectivity index (χ3n) is 3.29. The van der Waals surface area contributed by atoms with Gasteiger partial charge in [-0.3, -0.25) is 4.79 Å². The summed E-state index contributed by atoms with van der Waals surface area (Å²) >= 11 is 0. The number of Topliss-reactive ketones (excluding diaryl/α,β-unsaturated/α-hetero) is 1. The topological polar surface area (TPSA) is 83.8 Å². The van der Waals surface area contributed by atoms with Gasteiger partial charge >= 0.3 is 5.97 Å². The summed E-state index contributed by atoms with van der Waals surface area (Å²) in [6.45, 7) is 3.83. The molecule has 0 radical (unpaired) electrons. The number of hydrogen-bond donors (Lipinski definition) is 2. The molecule has 2 aromatic rings. The molecular formula is C18H18O5. The second-order valence-electron chi connectivity index (χ2n) is 5.48. The lowest BCUT2D eigenvalue weighted by Gasteiger charge is -2.08. The van der Waals surface area contributed by atoms with E-state index >= 15 is 0 Å². The van der Waals surface area contributed by atoms with Crippen molar-refractivity contribution >= 4 is 11.8 Å². The van der Waals surface area contributed by atoms with Crippen molar-refractivity contribution < 1.29 is 24.5 Å². The summed E-state index contributed by atoms with van der Waals surface area (Å²) in [5.41, 5.74) is 2.47. The van der Waals surface area contributed by atoms with Crippen LogP contribution in [0.2, 0.25) is 0 Å². The molecule has 0 aliphatic carbocycles. The minimum absolute atomic E-state index is 0.0677. The molecule has 0 aromatic heterocycles. The molecule has 0 unspecified atom stereocenters. The summed E-state index contributed by atoms with van der Waals surface area (Å²) in [7, 11) is 0. The Morgan fingerprint density at radius 1 is 1.04 bits per heavy atom. The number of hydrogen-bond acceptors (Lipinski definition) is 4. The monoisotopic (exact) mass is 314 g/mol. The maximum atomic E-state index is 12.0. The lowest BCUT2D eigenvalue weighted by Crippen LogP contribution is -2.14. The van der Waals surface area contributed by atoms with E-state index in [0.29, 0.717) is 11.3 Å². The Balaban J connectivity index is 1.97. The molecule has 0 spiro atoms. The Morgan fingerprint density at radius 3 is 2.26 bits per heavy atom. The number of aromatic hydroxyl groups is 1. The molecule has 0 aliphatic rings. The van der Waals surface area contributed by atoms with Crippen LogP contribution in [-0.4, -0.2) is 28.6 Å². The zero-order valence-electron chi connectivity index (χ0n) is 13.0. The fourth-order valence-corrected chi connectivity index (χ4v) is 2.33.